The van der Waals surface area contributed by atoms with Crippen molar-refractivity contribution in [3.05, 3.63) is 22.9 Å². The molecule has 3 nitrogen and oxygen atoms in total. The SMILES string of the molecule is CCCCCCCOc1nc(C)cc(C)c1CNC(C)C. The van der Waals surface area contributed by atoms with Gasteiger partial charge in [0, 0.05) is 23.8 Å². The quantitative estimate of drug-likeness (QED) is 0.643. The Morgan fingerprint density at radius 3 is 2.52 bits per heavy atom. The molecule has 0 radical (unpaired) electrons. The van der Waals surface area contributed by atoms with Gasteiger partial charge in [-0.15, -0.1) is 0 Å². The maximum Gasteiger partial charge on any atom is 0.218 e. The van der Waals surface area contributed by atoms with Crippen molar-refractivity contribution in [1.29, 1.82) is 0 Å². The summed E-state index contributed by atoms with van der Waals surface area (Å²) in [7, 11) is 0. The Labute approximate surface area is 130 Å². The predicted molar refractivity (Wildman–Crippen MR) is 89.9 cm³/mol. The van der Waals surface area contributed by atoms with Crippen LogP contribution in [0.25, 0.3) is 0 Å². The van der Waals surface area contributed by atoms with Gasteiger partial charge in [-0.05, 0) is 31.9 Å². The average molecular weight is 292 g/mol. The summed E-state index contributed by atoms with van der Waals surface area (Å²) in [5, 5.41) is 3.46. The van der Waals surface area contributed by atoms with Crippen LogP contribution in [0, 0.1) is 13.8 Å². The van der Waals surface area contributed by atoms with Crippen molar-refractivity contribution in [3.63, 3.8) is 0 Å². The maximum absolute atomic E-state index is 5.96. The Balaban J connectivity index is 2.57. The number of nitrogens with one attached hydrogen (secondary N) is 1. The van der Waals surface area contributed by atoms with Crippen molar-refractivity contribution < 1.29 is 4.74 Å². The minimum atomic E-state index is 0.465. The van der Waals surface area contributed by atoms with E-state index in [2.05, 4.69) is 44.1 Å². The molecule has 1 rings (SSSR count). The Bertz CT molecular complexity index is 416. The molecular weight excluding hydrogens is 260 g/mol. The first-order chi connectivity index (χ1) is 10.0. The van der Waals surface area contributed by atoms with E-state index in [4.69, 9.17) is 4.74 Å². The highest BCUT2D eigenvalue weighted by Crippen LogP contribution is 2.21. The molecule has 0 aliphatic carbocycles. The number of rotatable bonds is 10. The van der Waals surface area contributed by atoms with Gasteiger partial charge >= 0.3 is 0 Å². The topological polar surface area (TPSA) is 34.1 Å². The summed E-state index contributed by atoms with van der Waals surface area (Å²) in [6.45, 7) is 12.3. The number of nitrogens with zero attached hydrogens (tertiary/aromatic N) is 1. The molecule has 1 N–H and O–H groups in total. The zero-order valence-corrected chi connectivity index (χ0v) is 14.5. The molecule has 0 bridgehead atoms. The Morgan fingerprint density at radius 2 is 1.86 bits per heavy atom. The van der Waals surface area contributed by atoms with Gasteiger partial charge in [0.2, 0.25) is 5.88 Å². The van der Waals surface area contributed by atoms with E-state index in [-0.39, 0.29) is 0 Å². The highest BCUT2D eigenvalue weighted by molar-refractivity contribution is 5.35. The lowest BCUT2D eigenvalue weighted by molar-refractivity contribution is 0.288. The molecule has 1 aromatic heterocycles. The van der Waals surface area contributed by atoms with Crippen LogP contribution in [0.4, 0.5) is 0 Å². The summed E-state index contributed by atoms with van der Waals surface area (Å²) >= 11 is 0. The highest BCUT2D eigenvalue weighted by atomic mass is 16.5. The van der Waals surface area contributed by atoms with Gasteiger partial charge in [-0.25, -0.2) is 4.98 Å². The molecule has 0 unspecified atom stereocenters. The summed E-state index contributed by atoms with van der Waals surface area (Å²) in [5.74, 6) is 0.816. The summed E-state index contributed by atoms with van der Waals surface area (Å²) in [4.78, 5) is 4.58. The van der Waals surface area contributed by atoms with Crippen LogP contribution in [0.5, 0.6) is 5.88 Å². The monoisotopic (exact) mass is 292 g/mol. The largest absolute Gasteiger partial charge is 0.477 e. The van der Waals surface area contributed by atoms with Crippen LogP contribution in [0.2, 0.25) is 0 Å². The van der Waals surface area contributed by atoms with Crippen molar-refractivity contribution in [2.24, 2.45) is 0 Å². The molecule has 120 valence electrons. The fourth-order valence-electron chi connectivity index (χ4n) is 2.34. The third-order valence-electron chi connectivity index (χ3n) is 3.61. The molecule has 0 aliphatic heterocycles. The van der Waals surface area contributed by atoms with Crippen LogP contribution < -0.4 is 10.1 Å². The summed E-state index contributed by atoms with van der Waals surface area (Å²) in [6.07, 6.45) is 6.28. The summed E-state index contributed by atoms with van der Waals surface area (Å²) < 4.78 is 5.96. The fourth-order valence-corrected chi connectivity index (χ4v) is 2.34. The van der Waals surface area contributed by atoms with Gasteiger partial charge in [-0.3, -0.25) is 0 Å². The first kappa shape index (κ1) is 18.0. The van der Waals surface area contributed by atoms with Gasteiger partial charge < -0.3 is 10.1 Å². The van der Waals surface area contributed by atoms with E-state index in [0.717, 1.165) is 31.1 Å². The first-order valence-electron chi connectivity index (χ1n) is 8.37. The lowest BCUT2D eigenvalue weighted by Crippen LogP contribution is -2.23. The standard InChI is InChI=1S/C18H32N2O/c1-6-7-8-9-10-11-21-18-17(13-19-14(2)3)15(4)12-16(5)20-18/h12,14,19H,6-11,13H2,1-5H3. The third-order valence-corrected chi connectivity index (χ3v) is 3.61. The molecule has 0 saturated heterocycles. The zero-order valence-electron chi connectivity index (χ0n) is 14.5. The van der Waals surface area contributed by atoms with Gasteiger partial charge in [0.05, 0.1) is 6.61 Å². The molecule has 0 atom stereocenters. The van der Waals surface area contributed by atoms with E-state index in [0.29, 0.717) is 6.04 Å². The lowest BCUT2D eigenvalue weighted by Gasteiger charge is -2.16. The highest BCUT2D eigenvalue weighted by Gasteiger charge is 2.10. The van der Waals surface area contributed by atoms with E-state index in [1.54, 1.807) is 0 Å². The van der Waals surface area contributed by atoms with Crippen LogP contribution in [-0.4, -0.2) is 17.6 Å². The van der Waals surface area contributed by atoms with Crippen molar-refractivity contribution in [3.8, 4) is 5.88 Å². The van der Waals surface area contributed by atoms with Crippen molar-refractivity contribution >= 4 is 0 Å². The second kappa shape index (κ2) is 9.78. The fraction of sp³-hybridized carbons (Fsp3) is 0.722. The van der Waals surface area contributed by atoms with Crippen LogP contribution in [0.15, 0.2) is 6.07 Å². The number of unbranched alkanes of at least 4 members (excludes halogenated alkanes) is 4. The van der Waals surface area contributed by atoms with Gasteiger partial charge in [-0.2, -0.15) is 0 Å². The molecule has 0 aliphatic rings. The zero-order chi connectivity index (χ0) is 15.7. The van der Waals surface area contributed by atoms with Gasteiger partial charge in [0.15, 0.2) is 0 Å². The Hall–Kier alpha value is -1.09. The number of ether oxygens (including phenoxy) is 1. The second-order valence-corrected chi connectivity index (χ2v) is 6.16. The number of hydrogen-bond donors (Lipinski definition) is 1. The van der Waals surface area contributed by atoms with Crippen LogP contribution in [0.3, 0.4) is 0 Å². The maximum atomic E-state index is 5.96. The lowest BCUT2D eigenvalue weighted by atomic mass is 10.1. The van der Waals surface area contributed by atoms with E-state index < -0.39 is 0 Å². The minimum Gasteiger partial charge on any atom is -0.477 e. The Morgan fingerprint density at radius 1 is 1.14 bits per heavy atom. The molecule has 1 heterocycles. The molecule has 0 spiro atoms. The Kier molecular flexibility index (Phi) is 8.36. The van der Waals surface area contributed by atoms with Crippen LogP contribution >= 0.6 is 0 Å². The van der Waals surface area contributed by atoms with Crippen molar-refractivity contribution in [2.75, 3.05) is 6.61 Å². The van der Waals surface area contributed by atoms with Crippen molar-refractivity contribution in [1.82, 2.24) is 10.3 Å². The van der Waals surface area contributed by atoms with E-state index >= 15 is 0 Å². The molecule has 3 heteroatoms. The normalized spacial score (nSPS) is 11.1. The van der Waals surface area contributed by atoms with Crippen molar-refractivity contribution in [2.45, 2.75) is 79.3 Å². The van der Waals surface area contributed by atoms with E-state index in [9.17, 15) is 0 Å². The number of aromatic nitrogens is 1. The molecular formula is C18H32N2O. The van der Waals surface area contributed by atoms with Gasteiger partial charge in [-0.1, -0.05) is 46.5 Å². The molecule has 1 aromatic rings. The summed E-state index contributed by atoms with van der Waals surface area (Å²) in [6, 6.07) is 2.60. The molecule has 0 saturated carbocycles. The number of pyridine rings is 1. The van der Waals surface area contributed by atoms with Gasteiger partial charge in [0.25, 0.3) is 0 Å². The van der Waals surface area contributed by atoms with Gasteiger partial charge in [0.1, 0.15) is 0 Å². The first-order valence-corrected chi connectivity index (χ1v) is 8.37. The van der Waals surface area contributed by atoms with E-state index in [1.165, 1.54) is 36.8 Å². The average Bonchev–Trinajstić information content (AvgIpc) is 2.41. The molecule has 0 amide bonds. The smallest absolute Gasteiger partial charge is 0.218 e. The summed E-state index contributed by atoms with van der Waals surface area (Å²) in [5.41, 5.74) is 3.49. The number of aryl methyl sites for hydroxylation is 2. The number of hydrogen-bond acceptors (Lipinski definition) is 3. The van der Waals surface area contributed by atoms with Crippen LogP contribution in [0.1, 0.15) is 69.7 Å². The predicted octanol–water partition coefficient (Wildman–Crippen LogP) is 4.55. The van der Waals surface area contributed by atoms with E-state index in [1.807, 2.05) is 6.92 Å². The second-order valence-electron chi connectivity index (χ2n) is 6.16. The molecule has 21 heavy (non-hydrogen) atoms. The third kappa shape index (κ3) is 6.94. The molecule has 0 aromatic carbocycles. The van der Waals surface area contributed by atoms with Crippen LogP contribution in [-0.2, 0) is 6.54 Å². The minimum absolute atomic E-state index is 0.465. The molecule has 0 fully saturated rings.